The smallest absolute Gasteiger partial charge is 0.254 e. The fourth-order valence-corrected chi connectivity index (χ4v) is 4.23. The van der Waals surface area contributed by atoms with Crippen LogP contribution in [0, 0.1) is 0 Å². The lowest BCUT2D eigenvalue weighted by atomic mass is 10.0. The number of fused-ring (bicyclic) bond motifs is 1. The maximum atomic E-state index is 12.7. The third-order valence-electron chi connectivity index (χ3n) is 5.82. The highest BCUT2D eigenvalue weighted by molar-refractivity contribution is 6.35. The largest absolute Gasteiger partial charge is 0.458 e. The van der Waals surface area contributed by atoms with Gasteiger partial charge in [-0.3, -0.25) is 9.59 Å². The van der Waals surface area contributed by atoms with Crippen molar-refractivity contribution in [2.75, 3.05) is 26.3 Å². The molecule has 0 radical (unpaired) electrons. The van der Waals surface area contributed by atoms with E-state index in [4.69, 9.17) is 20.8 Å². The summed E-state index contributed by atoms with van der Waals surface area (Å²) in [5.41, 5.74) is 3.62. The van der Waals surface area contributed by atoms with Crippen LogP contribution in [-0.2, 0) is 16.1 Å². The van der Waals surface area contributed by atoms with Crippen molar-refractivity contribution in [1.82, 2.24) is 20.4 Å². The van der Waals surface area contributed by atoms with E-state index >= 15 is 0 Å². The highest BCUT2D eigenvalue weighted by Gasteiger charge is 2.18. The van der Waals surface area contributed by atoms with Gasteiger partial charge >= 0.3 is 0 Å². The summed E-state index contributed by atoms with van der Waals surface area (Å²) in [6, 6.07) is 16.6. The number of nitrogens with one attached hydrogen (secondary N) is 1. The summed E-state index contributed by atoms with van der Waals surface area (Å²) in [5, 5.41) is 11.7. The second-order valence-corrected chi connectivity index (χ2v) is 8.68. The molecule has 1 N–H and O–H groups in total. The van der Waals surface area contributed by atoms with E-state index in [9.17, 15) is 9.59 Å². The van der Waals surface area contributed by atoms with Gasteiger partial charge in [-0.1, -0.05) is 23.7 Å². The number of rotatable bonds is 6. The van der Waals surface area contributed by atoms with Crippen LogP contribution >= 0.6 is 11.6 Å². The molecule has 0 aliphatic carbocycles. The summed E-state index contributed by atoms with van der Waals surface area (Å²) in [7, 11) is 0. The molecular formula is C27H23ClN4O4. The first kappa shape index (κ1) is 23.7. The van der Waals surface area contributed by atoms with Crippen LogP contribution in [0.5, 0.6) is 0 Å². The minimum Gasteiger partial charge on any atom is -0.458 e. The van der Waals surface area contributed by atoms with Crippen molar-refractivity contribution in [2.24, 2.45) is 0 Å². The van der Waals surface area contributed by atoms with E-state index in [1.54, 1.807) is 29.3 Å². The van der Waals surface area contributed by atoms with Crippen LogP contribution in [-0.4, -0.2) is 53.2 Å². The second kappa shape index (κ2) is 10.7. The van der Waals surface area contributed by atoms with Crippen molar-refractivity contribution in [1.29, 1.82) is 0 Å². The Labute approximate surface area is 212 Å². The molecule has 8 nitrogen and oxygen atoms in total. The van der Waals surface area contributed by atoms with Crippen LogP contribution in [0.25, 0.3) is 28.2 Å². The molecule has 0 spiro atoms. The van der Waals surface area contributed by atoms with Crippen LogP contribution in [0.2, 0.25) is 5.02 Å². The number of ether oxygens (including phenoxy) is 1. The lowest BCUT2D eigenvalue weighted by Crippen LogP contribution is -2.40. The molecule has 2 amide bonds. The Hall–Kier alpha value is -4.01. The van der Waals surface area contributed by atoms with Crippen molar-refractivity contribution in [3.05, 3.63) is 88.9 Å². The fourth-order valence-electron chi connectivity index (χ4n) is 3.97. The summed E-state index contributed by atoms with van der Waals surface area (Å²) in [6.45, 7) is 2.56. The molecule has 36 heavy (non-hydrogen) atoms. The van der Waals surface area contributed by atoms with Crippen molar-refractivity contribution in [3.63, 3.8) is 0 Å². The Morgan fingerprint density at radius 3 is 2.61 bits per heavy atom. The zero-order valence-electron chi connectivity index (χ0n) is 19.3. The SMILES string of the molecule is O=C(C=Cc1cccnn1)NCc1cc2cc(-c3ccc(C(=O)N4CCOCC4)cc3)cc(Cl)c2o1. The number of aromatic nitrogens is 2. The van der Waals surface area contributed by atoms with Crippen molar-refractivity contribution >= 4 is 40.5 Å². The molecule has 0 atom stereocenters. The molecule has 1 saturated heterocycles. The van der Waals surface area contributed by atoms with Gasteiger partial charge in [-0.2, -0.15) is 10.2 Å². The van der Waals surface area contributed by atoms with Crippen LogP contribution in [0.15, 0.2) is 71.3 Å². The average molecular weight is 503 g/mol. The normalized spacial score (nSPS) is 13.9. The summed E-state index contributed by atoms with van der Waals surface area (Å²) >= 11 is 6.51. The van der Waals surface area contributed by atoms with E-state index in [-0.39, 0.29) is 18.4 Å². The molecule has 1 fully saturated rings. The number of hydrogen-bond donors (Lipinski definition) is 1. The van der Waals surface area contributed by atoms with Gasteiger partial charge < -0.3 is 19.4 Å². The molecule has 9 heteroatoms. The molecule has 2 aromatic carbocycles. The van der Waals surface area contributed by atoms with Gasteiger partial charge in [0.15, 0.2) is 5.58 Å². The van der Waals surface area contributed by atoms with Gasteiger partial charge in [0.05, 0.1) is 30.5 Å². The fraction of sp³-hybridized carbons (Fsp3) is 0.185. The summed E-state index contributed by atoms with van der Waals surface area (Å²) < 4.78 is 11.2. The van der Waals surface area contributed by atoms with Gasteiger partial charge in [0.1, 0.15) is 5.76 Å². The molecule has 0 bridgehead atoms. The third-order valence-corrected chi connectivity index (χ3v) is 6.10. The zero-order chi connectivity index (χ0) is 24.9. The van der Waals surface area contributed by atoms with Crippen LogP contribution in [0.4, 0.5) is 0 Å². The number of furan rings is 1. The lowest BCUT2D eigenvalue weighted by Gasteiger charge is -2.26. The van der Waals surface area contributed by atoms with Crippen molar-refractivity contribution < 1.29 is 18.7 Å². The van der Waals surface area contributed by atoms with E-state index in [1.807, 2.05) is 42.5 Å². The molecule has 1 aliphatic rings. The average Bonchev–Trinajstić information content (AvgIpc) is 3.35. The van der Waals surface area contributed by atoms with E-state index < -0.39 is 0 Å². The highest BCUT2D eigenvalue weighted by atomic mass is 35.5. The standard InChI is InChI=1S/C27H23ClN4O4/c28-24-16-20(18-3-5-19(6-4-18)27(34)32-10-12-35-13-11-32)14-21-15-23(36-26(21)24)17-29-25(33)8-7-22-2-1-9-30-31-22/h1-9,14-16H,10-13,17H2,(H,29,33). The molecule has 182 valence electrons. The summed E-state index contributed by atoms with van der Waals surface area (Å²) in [6.07, 6.45) is 4.55. The number of amides is 2. The first-order valence-electron chi connectivity index (χ1n) is 11.5. The van der Waals surface area contributed by atoms with E-state index in [2.05, 4.69) is 15.5 Å². The Morgan fingerprint density at radius 2 is 1.86 bits per heavy atom. The number of carbonyl (C=O) groups is 2. The Balaban J connectivity index is 1.27. The highest BCUT2D eigenvalue weighted by Crippen LogP contribution is 2.33. The van der Waals surface area contributed by atoms with Crippen LogP contribution in [0.1, 0.15) is 21.8 Å². The van der Waals surface area contributed by atoms with E-state index in [0.717, 1.165) is 16.5 Å². The van der Waals surface area contributed by atoms with Crippen LogP contribution in [0.3, 0.4) is 0 Å². The Morgan fingerprint density at radius 1 is 1.06 bits per heavy atom. The molecule has 0 unspecified atom stereocenters. The Kier molecular flexibility index (Phi) is 7.06. The first-order chi connectivity index (χ1) is 17.6. The van der Waals surface area contributed by atoms with Gasteiger partial charge in [-0.05, 0) is 59.7 Å². The van der Waals surface area contributed by atoms with Gasteiger partial charge in [0.2, 0.25) is 5.91 Å². The third kappa shape index (κ3) is 5.45. The molecule has 5 rings (SSSR count). The first-order valence-corrected chi connectivity index (χ1v) is 11.9. The van der Waals surface area contributed by atoms with Crippen molar-refractivity contribution in [3.8, 4) is 11.1 Å². The maximum Gasteiger partial charge on any atom is 0.254 e. The van der Waals surface area contributed by atoms with Gasteiger partial charge in [0.25, 0.3) is 5.91 Å². The Bertz CT molecular complexity index is 1410. The molecule has 2 aromatic heterocycles. The van der Waals surface area contributed by atoms with Crippen LogP contribution < -0.4 is 5.32 Å². The summed E-state index contributed by atoms with van der Waals surface area (Å²) in [5.74, 6) is 0.308. The second-order valence-electron chi connectivity index (χ2n) is 8.27. The number of nitrogens with zero attached hydrogens (tertiary/aromatic N) is 3. The molecule has 4 aromatic rings. The van der Waals surface area contributed by atoms with Gasteiger partial charge in [0, 0.05) is 36.3 Å². The maximum absolute atomic E-state index is 12.7. The van der Waals surface area contributed by atoms with E-state index in [0.29, 0.717) is 53.9 Å². The topological polar surface area (TPSA) is 97.6 Å². The van der Waals surface area contributed by atoms with Gasteiger partial charge in [-0.25, -0.2) is 0 Å². The predicted octanol–water partition coefficient (Wildman–Crippen LogP) is 4.35. The molecule has 3 heterocycles. The molecule has 1 aliphatic heterocycles. The van der Waals surface area contributed by atoms with Crippen molar-refractivity contribution in [2.45, 2.75) is 6.54 Å². The van der Waals surface area contributed by atoms with E-state index in [1.165, 1.54) is 6.08 Å². The quantitative estimate of drug-likeness (QED) is 0.394. The van der Waals surface area contributed by atoms with Gasteiger partial charge in [-0.15, -0.1) is 0 Å². The number of morpholine rings is 1. The molecule has 0 saturated carbocycles. The number of hydrogen-bond acceptors (Lipinski definition) is 6. The number of benzene rings is 2. The molecular weight excluding hydrogens is 480 g/mol. The number of carbonyl (C=O) groups excluding carboxylic acids is 2. The monoisotopic (exact) mass is 502 g/mol. The summed E-state index contributed by atoms with van der Waals surface area (Å²) in [4.78, 5) is 26.6. The minimum absolute atomic E-state index is 0.00593. The predicted molar refractivity (Wildman–Crippen MR) is 136 cm³/mol. The zero-order valence-corrected chi connectivity index (χ0v) is 20.1. The lowest BCUT2D eigenvalue weighted by molar-refractivity contribution is -0.116. The minimum atomic E-state index is -0.278. The number of halogens is 1.